The number of para-hydroxylation sites is 1. The quantitative estimate of drug-likeness (QED) is 0.535. The molecule has 1 fully saturated rings. The topological polar surface area (TPSA) is 60.9 Å². The number of halogens is 1. The molecule has 172 valence electrons. The van der Waals surface area contributed by atoms with Gasteiger partial charge in [0.15, 0.2) is 0 Å². The van der Waals surface area contributed by atoms with Crippen LogP contribution >= 0.6 is 0 Å². The monoisotopic (exact) mass is 467 g/mol. The number of carbonyl (C=O) groups excluding carboxylic acids is 1. The predicted molar refractivity (Wildman–Crippen MR) is 126 cm³/mol. The van der Waals surface area contributed by atoms with Crippen LogP contribution in [0.1, 0.15) is 5.56 Å². The Labute approximate surface area is 193 Å². The van der Waals surface area contributed by atoms with Gasteiger partial charge in [-0.3, -0.25) is 4.79 Å². The second-order valence-electron chi connectivity index (χ2n) is 7.92. The summed E-state index contributed by atoms with van der Waals surface area (Å²) < 4.78 is 41.2. The molecule has 3 aromatic carbocycles. The fourth-order valence-electron chi connectivity index (χ4n) is 3.86. The van der Waals surface area contributed by atoms with Crippen molar-refractivity contribution in [3.63, 3.8) is 0 Å². The van der Waals surface area contributed by atoms with Gasteiger partial charge in [0.2, 0.25) is 15.9 Å². The Morgan fingerprint density at radius 3 is 2.00 bits per heavy atom. The second-order valence-corrected chi connectivity index (χ2v) is 9.85. The van der Waals surface area contributed by atoms with Crippen LogP contribution in [0.25, 0.3) is 0 Å². The normalized spacial score (nSPS) is 14.5. The zero-order valence-electron chi connectivity index (χ0n) is 18.2. The Balaban J connectivity index is 1.49. The maximum absolute atomic E-state index is 13.3. The molecule has 0 radical (unpaired) electrons. The molecule has 1 aliphatic rings. The Kier molecular flexibility index (Phi) is 7.05. The average molecular weight is 468 g/mol. The van der Waals surface area contributed by atoms with Crippen molar-refractivity contribution in [3.05, 3.63) is 96.3 Å². The van der Waals surface area contributed by atoms with E-state index in [1.807, 2.05) is 30.3 Å². The molecule has 0 saturated carbocycles. The van der Waals surface area contributed by atoms with Gasteiger partial charge in [0.05, 0.1) is 11.4 Å². The van der Waals surface area contributed by atoms with E-state index in [-0.39, 0.29) is 23.9 Å². The summed E-state index contributed by atoms with van der Waals surface area (Å²) in [5.41, 5.74) is 1.71. The minimum atomic E-state index is -3.92. The first-order chi connectivity index (χ1) is 15.9. The summed E-state index contributed by atoms with van der Waals surface area (Å²) >= 11 is 0. The number of rotatable bonds is 7. The lowest BCUT2D eigenvalue weighted by molar-refractivity contribution is -0.131. The van der Waals surface area contributed by atoms with Crippen molar-refractivity contribution in [1.29, 1.82) is 0 Å². The maximum Gasteiger partial charge on any atom is 0.243 e. The number of amides is 1. The molecule has 8 heteroatoms. The molecular weight excluding hydrogens is 441 g/mol. The van der Waals surface area contributed by atoms with E-state index < -0.39 is 15.8 Å². The molecule has 1 amide bonds. The Morgan fingerprint density at radius 2 is 1.39 bits per heavy atom. The number of hydrogen-bond acceptors (Lipinski definition) is 4. The van der Waals surface area contributed by atoms with Gasteiger partial charge < -0.3 is 9.80 Å². The van der Waals surface area contributed by atoms with E-state index in [1.165, 1.54) is 40.7 Å². The minimum Gasteiger partial charge on any atom is -0.368 e. The maximum atomic E-state index is 13.3. The number of piperazine rings is 1. The molecule has 0 bridgehead atoms. The van der Waals surface area contributed by atoms with Crippen LogP contribution in [-0.2, 0) is 21.4 Å². The molecule has 1 saturated heterocycles. The number of sulfonamides is 1. The number of nitrogens with zero attached hydrogens (tertiary/aromatic N) is 3. The molecule has 3 aromatic rings. The molecule has 4 rings (SSSR count). The molecule has 0 spiro atoms. The van der Waals surface area contributed by atoms with E-state index in [9.17, 15) is 17.6 Å². The molecule has 33 heavy (non-hydrogen) atoms. The van der Waals surface area contributed by atoms with Crippen LogP contribution in [-0.4, -0.2) is 56.3 Å². The zero-order valence-corrected chi connectivity index (χ0v) is 19.0. The lowest BCUT2D eigenvalue weighted by Gasteiger charge is -2.37. The first kappa shape index (κ1) is 22.9. The predicted octanol–water partition coefficient (Wildman–Crippen LogP) is 3.37. The van der Waals surface area contributed by atoms with Gasteiger partial charge in [0, 0.05) is 38.4 Å². The standard InChI is InChI=1S/C25H26FN3O3S/c26-22-13-11-21(12-14-22)19-29(33(31,32)24-9-5-2-6-10-24)20-25(30)28-17-15-27(16-18-28)23-7-3-1-4-8-23/h1-14H,15-20H2. The van der Waals surface area contributed by atoms with Crippen LogP contribution < -0.4 is 4.90 Å². The summed E-state index contributed by atoms with van der Waals surface area (Å²) in [5, 5.41) is 0. The van der Waals surface area contributed by atoms with Crippen molar-refractivity contribution >= 4 is 21.6 Å². The van der Waals surface area contributed by atoms with E-state index in [0.717, 1.165) is 5.69 Å². The fraction of sp³-hybridized carbons (Fsp3) is 0.240. The highest BCUT2D eigenvalue weighted by atomic mass is 32.2. The summed E-state index contributed by atoms with van der Waals surface area (Å²) in [6.45, 7) is 2.10. The third kappa shape index (κ3) is 5.58. The van der Waals surface area contributed by atoms with Gasteiger partial charge in [-0.15, -0.1) is 0 Å². The molecule has 0 aromatic heterocycles. The van der Waals surface area contributed by atoms with Gasteiger partial charge in [-0.05, 0) is 42.0 Å². The molecule has 0 N–H and O–H groups in total. The van der Waals surface area contributed by atoms with Crippen molar-refractivity contribution in [2.45, 2.75) is 11.4 Å². The van der Waals surface area contributed by atoms with Gasteiger partial charge in [-0.25, -0.2) is 12.8 Å². The van der Waals surface area contributed by atoms with Crippen LogP contribution in [0.3, 0.4) is 0 Å². The van der Waals surface area contributed by atoms with Crippen LogP contribution in [0.5, 0.6) is 0 Å². The van der Waals surface area contributed by atoms with Crippen molar-refractivity contribution in [1.82, 2.24) is 9.21 Å². The van der Waals surface area contributed by atoms with Crippen molar-refractivity contribution < 1.29 is 17.6 Å². The lowest BCUT2D eigenvalue weighted by Crippen LogP contribution is -2.51. The number of anilines is 1. The van der Waals surface area contributed by atoms with Crippen LogP contribution in [0.4, 0.5) is 10.1 Å². The Bertz CT molecular complexity index is 1160. The highest BCUT2D eigenvalue weighted by molar-refractivity contribution is 7.89. The SMILES string of the molecule is O=C(CN(Cc1ccc(F)cc1)S(=O)(=O)c1ccccc1)N1CCN(c2ccccc2)CC1. The second kappa shape index (κ2) is 10.1. The molecule has 0 aliphatic carbocycles. The van der Waals surface area contributed by atoms with Gasteiger partial charge in [-0.1, -0.05) is 48.5 Å². The van der Waals surface area contributed by atoms with Gasteiger partial charge in [0.25, 0.3) is 0 Å². The molecule has 1 heterocycles. The minimum absolute atomic E-state index is 0.0206. The summed E-state index contributed by atoms with van der Waals surface area (Å²) in [7, 11) is -3.92. The van der Waals surface area contributed by atoms with Crippen LogP contribution in [0, 0.1) is 5.82 Å². The first-order valence-corrected chi connectivity index (χ1v) is 12.2. The van der Waals surface area contributed by atoms with E-state index in [0.29, 0.717) is 31.7 Å². The molecule has 1 aliphatic heterocycles. The molecular formula is C25H26FN3O3S. The highest BCUT2D eigenvalue weighted by Gasteiger charge is 2.30. The first-order valence-electron chi connectivity index (χ1n) is 10.8. The van der Waals surface area contributed by atoms with E-state index in [4.69, 9.17) is 0 Å². The molecule has 0 atom stereocenters. The molecule has 0 unspecified atom stereocenters. The number of carbonyl (C=O) groups is 1. The third-order valence-electron chi connectivity index (χ3n) is 5.72. The lowest BCUT2D eigenvalue weighted by atomic mass is 10.2. The Morgan fingerprint density at radius 1 is 0.818 bits per heavy atom. The van der Waals surface area contributed by atoms with Gasteiger partial charge in [0.1, 0.15) is 5.82 Å². The molecule has 6 nitrogen and oxygen atoms in total. The van der Waals surface area contributed by atoms with E-state index in [2.05, 4.69) is 4.90 Å². The van der Waals surface area contributed by atoms with E-state index in [1.54, 1.807) is 23.1 Å². The van der Waals surface area contributed by atoms with E-state index >= 15 is 0 Å². The van der Waals surface area contributed by atoms with Crippen molar-refractivity contribution in [2.75, 3.05) is 37.6 Å². The largest absolute Gasteiger partial charge is 0.368 e. The van der Waals surface area contributed by atoms with Crippen molar-refractivity contribution in [2.24, 2.45) is 0 Å². The Hall–Kier alpha value is -3.23. The summed E-state index contributed by atoms with van der Waals surface area (Å²) in [6, 6.07) is 23.7. The summed E-state index contributed by atoms with van der Waals surface area (Å²) in [5.74, 6) is -0.645. The van der Waals surface area contributed by atoms with Crippen LogP contribution in [0.2, 0.25) is 0 Å². The summed E-state index contributed by atoms with van der Waals surface area (Å²) in [4.78, 5) is 17.1. The third-order valence-corrected chi connectivity index (χ3v) is 7.52. The highest BCUT2D eigenvalue weighted by Crippen LogP contribution is 2.20. The van der Waals surface area contributed by atoms with Crippen LogP contribution in [0.15, 0.2) is 89.8 Å². The van der Waals surface area contributed by atoms with Crippen molar-refractivity contribution in [3.8, 4) is 0 Å². The summed E-state index contributed by atoms with van der Waals surface area (Å²) in [6.07, 6.45) is 0. The zero-order chi connectivity index (χ0) is 23.3. The van der Waals surface area contributed by atoms with Gasteiger partial charge in [-0.2, -0.15) is 4.31 Å². The number of benzene rings is 3. The van der Waals surface area contributed by atoms with Gasteiger partial charge >= 0.3 is 0 Å². The average Bonchev–Trinajstić information content (AvgIpc) is 2.86. The fourth-order valence-corrected chi connectivity index (χ4v) is 5.26. The smallest absolute Gasteiger partial charge is 0.243 e. The number of hydrogen-bond donors (Lipinski definition) is 0.